The summed E-state index contributed by atoms with van der Waals surface area (Å²) in [7, 11) is 0. The molecule has 4 heteroatoms. The van der Waals surface area contributed by atoms with Gasteiger partial charge in [0.2, 0.25) is 5.91 Å². The Bertz CT molecular complexity index is 491. The quantitative estimate of drug-likeness (QED) is 0.810. The van der Waals surface area contributed by atoms with Gasteiger partial charge in [0.25, 0.3) is 0 Å². The molecule has 2 aromatic rings. The molecule has 0 radical (unpaired) electrons. The van der Waals surface area contributed by atoms with Crippen molar-refractivity contribution in [3.8, 4) is 0 Å². The van der Waals surface area contributed by atoms with Crippen LogP contribution >= 0.6 is 0 Å². The average Bonchev–Trinajstić information content (AvgIpc) is 2.74. The van der Waals surface area contributed by atoms with Crippen molar-refractivity contribution in [1.82, 2.24) is 10.2 Å². The summed E-state index contributed by atoms with van der Waals surface area (Å²) in [5, 5.41) is 6.73. The molecule has 0 saturated heterocycles. The highest BCUT2D eigenvalue weighted by atomic mass is 16.1. The fourth-order valence-corrected chi connectivity index (χ4v) is 1.80. The van der Waals surface area contributed by atoms with E-state index >= 15 is 0 Å². The lowest BCUT2D eigenvalue weighted by atomic mass is 9.91. The van der Waals surface area contributed by atoms with Crippen LogP contribution in [0.5, 0.6) is 0 Å². The Balaban J connectivity index is 2.50. The predicted molar refractivity (Wildman–Crippen MR) is 60.8 cm³/mol. The summed E-state index contributed by atoms with van der Waals surface area (Å²) in [6.45, 7) is 1.96. The number of nitrogens with zero attached hydrogens (tertiary/aromatic N) is 1. The zero-order valence-electron chi connectivity index (χ0n) is 8.97. The number of nitrogens with two attached hydrogens (primary N) is 1. The number of hydrogen-bond donors (Lipinski definition) is 2. The lowest BCUT2D eigenvalue weighted by Gasteiger charge is -2.13. The maximum atomic E-state index is 11.5. The number of hydrogen-bond acceptors (Lipinski definition) is 2. The number of aryl methyl sites for hydroxylation is 1. The van der Waals surface area contributed by atoms with Crippen molar-refractivity contribution in [1.29, 1.82) is 0 Å². The minimum Gasteiger partial charge on any atom is -0.369 e. The van der Waals surface area contributed by atoms with Gasteiger partial charge in [0.05, 0.1) is 5.69 Å². The van der Waals surface area contributed by atoms with Gasteiger partial charge >= 0.3 is 0 Å². The minimum atomic E-state index is -0.479. The van der Waals surface area contributed by atoms with Gasteiger partial charge in [-0.15, -0.1) is 0 Å². The topological polar surface area (TPSA) is 71.8 Å². The highest BCUT2D eigenvalue weighted by Gasteiger charge is 2.23. The molecule has 0 fully saturated rings. The third-order valence-electron chi connectivity index (χ3n) is 2.60. The van der Waals surface area contributed by atoms with Crippen molar-refractivity contribution in [3.05, 3.63) is 53.3 Å². The first-order chi connectivity index (χ1) is 7.70. The summed E-state index contributed by atoms with van der Waals surface area (Å²) in [4.78, 5) is 11.5. The second-order valence-corrected chi connectivity index (χ2v) is 3.69. The van der Waals surface area contributed by atoms with Crippen LogP contribution in [0.15, 0.2) is 36.5 Å². The molecule has 0 spiro atoms. The molecular weight excluding hydrogens is 202 g/mol. The van der Waals surface area contributed by atoms with Crippen molar-refractivity contribution in [2.75, 3.05) is 0 Å². The number of rotatable bonds is 3. The van der Waals surface area contributed by atoms with Crippen LogP contribution in [0.3, 0.4) is 0 Å². The predicted octanol–water partition coefficient (Wildman–Crippen LogP) is 1.34. The molecule has 1 amide bonds. The summed E-state index contributed by atoms with van der Waals surface area (Å²) in [5.41, 5.74) is 8.03. The van der Waals surface area contributed by atoms with E-state index in [9.17, 15) is 4.79 Å². The smallest absolute Gasteiger partial charge is 0.231 e. The Morgan fingerprint density at radius 2 is 2.12 bits per heavy atom. The van der Waals surface area contributed by atoms with Crippen LogP contribution < -0.4 is 5.73 Å². The van der Waals surface area contributed by atoms with Crippen LogP contribution in [-0.2, 0) is 4.79 Å². The maximum absolute atomic E-state index is 11.5. The third kappa shape index (κ3) is 1.82. The lowest BCUT2D eigenvalue weighted by Crippen LogP contribution is -2.23. The van der Waals surface area contributed by atoms with Gasteiger partial charge in [-0.05, 0) is 24.1 Å². The number of primary amides is 1. The van der Waals surface area contributed by atoms with E-state index in [2.05, 4.69) is 10.2 Å². The number of aromatic amines is 1. The Labute approximate surface area is 93.5 Å². The second-order valence-electron chi connectivity index (χ2n) is 3.69. The molecule has 4 nitrogen and oxygen atoms in total. The number of benzene rings is 1. The molecule has 1 atom stereocenters. The Morgan fingerprint density at radius 3 is 2.69 bits per heavy atom. The van der Waals surface area contributed by atoms with Gasteiger partial charge in [-0.3, -0.25) is 9.89 Å². The van der Waals surface area contributed by atoms with Gasteiger partial charge in [-0.1, -0.05) is 24.3 Å². The van der Waals surface area contributed by atoms with Gasteiger partial charge in [-0.25, -0.2) is 0 Å². The van der Waals surface area contributed by atoms with Gasteiger partial charge in [0, 0.05) is 6.20 Å². The molecule has 16 heavy (non-hydrogen) atoms. The Hall–Kier alpha value is -2.10. The largest absolute Gasteiger partial charge is 0.369 e. The first kappa shape index (κ1) is 10.4. The molecule has 1 aromatic carbocycles. The van der Waals surface area contributed by atoms with Crippen molar-refractivity contribution < 1.29 is 4.79 Å². The second kappa shape index (κ2) is 4.18. The van der Waals surface area contributed by atoms with Gasteiger partial charge in [-0.2, -0.15) is 5.10 Å². The van der Waals surface area contributed by atoms with E-state index in [1.165, 1.54) is 0 Å². The van der Waals surface area contributed by atoms with E-state index in [-0.39, 0.29) is 5.91 Å². The molecule has 82 valence electrons. The molecule has 2 rings (SSSR count). The van der Waals surface area contributed by atoms with E-state index in [1.54, 1.807) is 12.3 Å². The molecule has 0 aliphatic carbocycles. The fraction of sp³-hybridized carbons (Fsp3) is 0.167. The van der Waals surface area contributed by atoms with E-state index in [1.807, 2.05) is 31.2 Å². The van der Waals surface area contributed by atoms with E-state index in [4.69, 9.17) is 5.73 Å². The molecular formula is C12H13N3O. The minimum absolute atomic E-state index is 0.388. The maximum Gasteiger partial charge on any atom is 0.231 e. The summed E-state index contributed by atoms with van der Waals surface area (Å²) in [6.07, 6.45) is 1.68. The first-order valence-corrected chi connectivity index (χ1v) is 5.04. The van der Waals surface area contributed by atoms with Crippen molar-refractivity contribution in [2.24, 2.45) is 5.73 Å². The Morgan fingerprint density at radius 1 is 1.38 bits per heavy atom. The van der Waals surface area contributed by atoms with Crippen LogP contribution in [0.4, 0.5) is 0 Å². The highest BCUT2D eigenvalue weighted by Crippen LogP contribution is 2.25. The van der Waals surface area contributed by atoms with Gasteiger partial charge in [0.15, 0.2) is 0 Å². The van der Waals surface area contributed by atoms with Crippen LogP contribution in [0.2, 0.25) is 0 Å². The van der Waals surface area contributed by atoms with Crippen LogP contribution in [0.25, 0.3) is 0 Å². The van der Waals surface area contributed by atoms with E-state index in [0.717, 1.165) is 11.1 Å². The standard InChI is InChI=1S/C12H13N3O/c1-8-4-2-3-5-9(8)11(12(13)16)10-6-7-14-15-10/h2-7,11H,1H3,(H2,13,16)(H,14,15). The normalized spacial score (nSPS) is 12.3. The molecule has 0 aliphatic heterocycles. The first-order valence-electron chi connectivity index (χ1n) is 5.04. The summed E-state index contributed by atoms with van der Waals surface area (Å²) in [6, 6.07) is 9.45. The molecule has 3 N–H and O–H groups in total. The number of H-pyrrole nitrogens is 1. The third-order valence-corrected chi connectivity index (χ3v) is 2.60. The summed E-state index contributed by atoms with van der Waals surface area (Å²) >= 11 is 0. The van der Waals surface area contributed by atoms with Crippen LogP contribution in [0.1, 0.15) is 22.7 Å². The molecule has 1 unspecified atom stereocenters. The molecule has 1 heterocycles. The zero-order valence-corrected chi connectivity index (χ0v) is 8.97. The Kier molecular flexibility index (Phi) is 2.72. The zero-order chi connectivity index (χ0) is 11.5. The van der Waals surface area contributed by atoms with Crippen molar-refractivity contribution in [3.63, 3.8) is 0 Å². The molecule has 0 bridgehead atoms. The number of amides is 1. The fourth-order valence-electron chi connectivity index (χ4n) is 1.80. The van der Waals surface area contributed by atoms with Gasteiger partial charge in [0.1, 0.15) is 5.92 Å². The summed E-state index contributed by atoms with van der Waals surface area (Å²) in [5.74, 6) is -0.867. The number of carbonyl (C=O) groups is 1. The molecule has 0 saturated carbocycles. The van der Waals surface area contributed by atoms with Crippen LogP contribution in [0, 0.1) is 6.92 Å². The average molecular weight is 215 g/mol. The monoisotopic (exact) mass is 215 g/mol. The number of aromatic nitrogens is 2. The lowest BCUT2D eigenvalue weighted by molar-refractivity contribution is -0.118. The van der Waals surface area contributed by atoms with Crippen LogP contribution in [-0.4, -0.2) is 16.1 Å². The SMILES string of the molecule is Cc1ccccc1C(C(N)=O)c1cc[nH]n1. The summed E-state index contributed by atoms with van der Waals surface area (Å²) < 4.78 is 0. The molecule has 1 aromatic heterocycles. The van der Waals surface area contributed by atoms with Crippen molar-refractivity contribution >= 4 is 5.91 Å². The van der Waals surface area contributed by atoms with E-state index < -0.39 is 5.92 Å². The number of nitrogens with one attached hydrogen (secondary N) is 1. The highest BCUT2D eigenvalue weighted by molar-refractivity contribution is 5.85. The number of carbonyl (C=O) groups excluding carboxylic acids is 1. The van der Waals surface area contributed by atoms with Gasteiger partial charge < -0.3 is 5.73 Å². The van der Waals surface area contributed by atoms with Crippen molar-refractivity contribution in [2.45, 2.75) is 12.8 Å². The molecule has 0 aliphatic rings. The van der Waals surface area contributed by atoms with E-state index in [0.29, 0.717) is 5.69 Å².